The van der Waals surface area contributed by atoms with E-state index < -0.39 is 23.9 Å². The second kappa shape index (κ2) is 19.4. The van der Waals surface area contributed by atoms with Gasteiger partial charge in [-0.3, -0.25) is 38.7 Å². The van der Waals surface area contributed by atoms with Crippen LogP contribution in [0.2, 0.25) is 0 Å². The maximum atomic E-state index is 12.8. The van der Waals surface area contributed by atoms with E-state index in [0.29, 0.717) is 62.7 Å². The maximum Gasteiger partial charge on any atom is 0.252 e. The molecule has 52 heavy (non-hydrogen) atoms. The SMILES string of the molecule is CC(=O)N[C@@H](CCCCNC(=O)c1cnc2c(SSc3cccc4cc(C(=O)NCCCC[C@@H](NC(C)=O)C(N)=O)cnc34)cccc2c1)C(N)=O. The van der Waals surface area contributed by atoms with E-state index in [2.05, 4.69) is 31.2 Å². The number of nitrogens with one attached hydrogen (secondary N) is 4. The molecule has 16 heteroatoms. The topological polar surface area (TPSA) is 228 Å². The fraction of sp³-hybridized carbons (Fsp3) is 0.333. The molecule has 4 aromatic rings. The van der Waals surface area contributed by atoms with Crippen molar-refractivity contribution in [1.29, 1.82) is 0 Å². The molecule has 2 aromatic carbocycles. The molecule has 4 rings (SSSR count). The number of nitrogens with two attached hydrogens (primary N) is 2. The summed E-state index contributed by atoms with van der Waals surface area (Å²) in [4.78, 5) is 82.2. The van der Waals surface area contributed by atoms with Gasteiger partial charge in [0.15, 0.2) is 0 Å². The van der Waals surface area contributed by atoms with Crippen molar-refractivity contribution in [3.63, 3.8) is 0 Å². The summed E-state index contributed by atoms with van der Waals surface area (Å²) in [5.41, 5.74) is 13.0. The number of carbonyl (C=O) groups excluding carboxylic acids is 6. The van der Waals surface area contributed by atoms with Gasteiger partial charge in [-0.1, -0.05) is 45.9 Å². The van der Waals surface area contributed by atoms with Gasteiger partial charge in [0.1, 0.15) is 12.1 Å². The van der Waals surface area contributed by atoms with E-state index in [0.717, 1.165) is 31.6 Å². The summed E-state index contributed by atoms with van der Waals surface area (Å²) >= 11 is 0. The summed E-state index contributed by atoms with van der Waals surface area (Å²) in [7, 11) is 3.03. The van der Waals surface area contributed by atoms with Crippen LogP contribution in [0.5, 0.6) is 0 Å². The molecule has 8 N–H and O–H groups in total. The molecule has 0 unspecified atom stereocenters. The van der Waals surface area contributed by atoms with Crippen molar-refractivity contribution >= 4 is 78.8 Å². The Bertz CT molecular complexity index is 1820. The van der Waals surface area contributed by atoms with Crippen molar-refractivity contribution < 1.29 is 28.8 Å². The third-order valence-corrected chi connectivity index (χ3v) is 10.4. The van der Waals surface area contributed by atoms with Crippen LogP contribution in [0.4, 0.5) is 0 Å². The van der Waals surface area contributed by atoms with Gasteiger partial charge in [0.05, 0.1) is 22.2 Å². The minimum Gasteiger partial charge on any atom is -0.368 e. The number of amides is 6. The minimum atomic E-state index is -0.732. The Balaban J connectivity index is 1.30. The third-order valence-electron chi connectivity index (χ3n) is 7.95. The lowest BCUT2D eigenvalue weighted by Crippen LogP contribution is -2.43. The van der Waals surface area contributed by atoms with Crippen molar-refractivity contribution in [2.24, 2.45) is 11.5 Å². The molecular formula is C36H42N8O6S2. The first-order chi connectivity index (χ1) is 24.9. The zero-order valence-electron chi connectivity index (χ0n) is 28.9. The minimum absolute atomic E-state index is 0.262. The molecule has 0 radical (unpaired) electrons. The number of rotatable bonds is 19. The molecule has 0 aliphatic rings. The lowest BCUT2D eigenvalue weighted by molar-refractivity contribution is -0.126. The van der Waals surface area contributed by atoms with Gasteiger partial charge >= 0.3 is 0 Å². The number of unbranched alkanes of at least 4 members (excludes halogenated alkanes) is 2. The summed E-state index contributed by atoms with van der Waals surface area (Å²) in [6, 6.07) is 13.7. The van der Waals surface area contributed by atoms with Crippen LogP contribution < -0.4 is 32.7 Å². The standard InChI is InChI=1S/C36H42N8O6S2/c1-21(45)43-27(33(37)47)11-3-5-15-39-35(49)25-17-23-9-7-13-29(31(23)41-19-25)51-52-30-14-8-10-24-18-26(20-42-32(24)30)36(50)40-16-6-4-12-28(34(38)48)44-22(2)46/h7-10,13-14,17-20,27-28H,3-6,11-12,15-16H2,1-2H3,(H2,37,47)(H2,38,48)(H,39,49)(H,40,50)(H,43,45)(H,44,46)/t27-,28+. The van der Waals surface area contributed by atoms with E-state index in [9.17, 15) is 28.8 Å². The number of hydrogen-bond acceptors (Lipinski definition) is 10. The first-order valence-electron chi connectivity index (χ1n) is 16.7. The van der Waals surface area contributed by atoms with E-state index in [1.165, 1.54) is 35.4 Å². The van der Waals surface area contributed by atoms with E-state index in [1.807, 2.05) is 36.4 Å². The Morgan fingerprint density at radius 2 is 1.04 bits per heavy atom. The Labute approximate surface area is 308 Å². The highest BCUT2D eigenvalue weighted by atomic mass is 33.1. The van der Waals surface area contributed by atoms with Crippen LogP contribution in [0.3, 0.4) is 0 Å². The third kappa shape index (κ3) is 11.7. The highest BCUT2D eigenvalue weighted by Gasteiger charge is 2.17. The molecule has 0 bridgehead atoms. The number of hydrogen-bond donors (Lipinski definition) is 6. The highest BCUT2D eigenvalue weighted by Crippen LogP contribution is 2.42. The van der Waals surface area contributed by atoms with E-state index in [4.69, 9.17) is 11.5 Å². The largest absolute Gasteiger partial charge is 0.368 e. The highest BCUT2D eigenvalue weighted by molar-refractivity contribution is 8.76. The molecule has 2 aromatic heterocycles. The Morgan fingerprint density at radius 1 is 0.635 bits per heavy atom. The first-order valence-corrected chi connectivity index (χ1v) is 18.9. The number of fused-ring (bicyclic) bond motifs is 2. The van der Waals surface area contributed by atoms with Crippen molar-refractivity contribution in [3.8, 4) is 0 Å². The molecule has 274 valence electrons. The van der Waals surface area contributed by atoms with E-state index in [-0.39, 0.29) is 23.6 Å². The molecule has 0 spiro atoms. The molecule has 2 atom stereocenters. The number of benzene rings is 2. The van der Waals surface area contributed by atoms with E-state index >= 15 is 0 Å². The molecule has 0 saturated heterocycles. The Morgan fingerprint density at radius 3 is 1.40 bits per heavy atom. The molecule has 2 heterocycles. The summed E-state index contributed by atoms with van der Waals surface area (Å²) in [5.74, 6) is -2.35. The monoisotopic (exact) mass is 746 g/mol. The Kier molecular flexibility index (Phi) is 14.8. The summed E-state index contributed by atoms with van der Waals surface area (Å²) in [6.45, 7) is 3.44. The molecular weight excluding hydrogens is 705 g/mol. The number of aromatic nitrogens is 2. The number of primary amides is 2. The van der Waals surface area contributed by atoms with Gasteiger partial charge in [0.25, 0.3) is 11.8 Å². The van der Waals surface area contributed by atoms with Crippen molar-refractivity contribution in [2.75, 3.05) is 13.1 Å². The Hall–Kier alpha value is -5.22. The summed E-state index contributed by atoms with van der Waals surface area (Å²) in [5, 5.41) is 12.4. The van der Waals surface area contributed by atoms with Gasteiger partial charge in [0.2, 0.25) is 23.6 Å². The maximum absolute atomic E-state index is 12.8. The van der Waals surface area contributed by atoms with Crippen LogP contribution in [0.15, 0.2) is 70.7 Å². The zero-order valence-corrected chi connectivity index (χ0v) is 30.5. The normalized spacial score (nSPS) is 12.1. The van der Waals surface area contributed by atoms with Crippen LogP contribution in [0, 0.1) is 0 Å². The second-order valence-corrected chi connectivity index (χ2v) is 14.3. The fourth-order valence-corrected chi connectivity index (χ4v) is 7.65. The average molecular weight is 747 g/mol. The van der Waals surface area contributed by atoms with Crippen molar-refractivity contribution in [1.82, 2.24) is 31.2 Å². The van der Waals surface area contributed by atoms with Gasteiger partial charge < -0.3 is 32.7 Å². The average Bonchev–Trinajstić information content (AvgIpc) is 3.11. The zero-order chi connectivity index (χ0) is 37.6. The quantitative estimate of drug-likeness (QED) is 0.0606. The van der Waals surface area contributed by atoms with Crippen LogP contribution >= 0.6 is 21.6 Å². The predicted molar refractivity (Wildman–Crippen MR) is 201 cm³/mol. The molecule has 0 aliphatic heterocycles. The predicted octanol–water partition coefficient (Wildman–Crippen LogP) is 3.36. The molecule has 0 saturated carbocycles. The van der Waals surface area contributed by atoms with Gasteiger partial charge in [-0.05, 0) is 62.8 Å². The van der Waals surface area contributed by atoms with Gasteiger partial charge in [0, 0.05) is 59.9 Å². The second-order valence-electron chi connectivity index (χ2n) is 12.1. The molecule has 0 aliphatic carbocycles. The lowest BCUT2D eigenvalue weighted by atomic mass is 10.1. The molecule has 6 amide bonds. The van der Waals surface area contributed by atoms with Gasteiger partial charge in [-0.2, -0.15) is 0 Å². The smallest absolute Gasteiger partial charge is 0.252 e. The summed E-state index contributed by atoms with van der Waals surface area (Å²) in [6.07, 6.45) is 6.27. The number of nitrogens with zero attached hydrogens (tertiary/aromatic N) is 2. The van der Waals surface area contributed by atoms with Gasteiger partial charge in [-0.15, -0.1) is 0 Å². The first kappa shape index (κ1) is 39.6. The van der Waals surface area contributed by atoms with Crippen LogP contribution in [0.25, 0.3) is 21.8 Å². The summed E-state index contributed by atoms with van der Waals surface area (Å²) < 4.78 is 0. The molecule has 0 fully saturated rings. The lowest BCUT2D eigenvalue weighted by Gasteiger charge is -2.14. The number of pyridine rings is 2. The van der Waals surface area contributed by atoms with Crippen LogP contribution in [-0.4, -0.2) is 70.6 Å². The van der Waals surface area contributed by atoms with Crippen molar-refractivity contribution in [2.45, 2.75) is 74.2 Å². The van der Waals surface area contributed by atoms with Crippen LogP contribution in [0.1, 0.15) is 73.1 Å². The fourth-order valence-electron chi connectivity index (χ4n) is 5.35. The van der Waals surface area contributed by atoms with Crippen LogP contribution in [-0.2, 0) is 19.2 Å². The van der Waals surface area contributed by atoms with E-state index in [1.54, 1.807) is 24.5 Å². The molecule has 14 nitrogen and oxygen atoms in total. The van der Waals surface area contributed by atoms with Gasteiger partial charge in [-0.25, -0.2) is 0 Å². The number of para-hydroxylation sites is 2. The number of carbonyl (C=O) groups is 6. The van der Waals surface area contributed by atoms with Crippen molar-refractivity contribution in [3.05, 3.63) is 72.1 Å².